The number of carbonyl (C=O) groups excluding carboxylic acids is 2. The van der Waals surface area contributed by atoms with E-state index >= 15 is 0 Å². The van der Waals surface area contributed by atoms with Gasteiger partial charge in [-0.05, 0) is 44.0 Å². The topological polar surface area (TPSA) is 81.2 Å². The summed E-state index contributed by atoms with van der Waals surface area (Å²) in [4.78, 5) is 33.3. The number of pyridine rings is 2. The van der Waals surface area contributed by atoms with Crippen LogP contribution in [0, 0.1) is 12.8 Å². The fraction of sp³-hybridized carbons (Fsp3) is 0.478. The number of aryl methyl sites for hydroxylation is 2. The number of rotatable bonds is 10. The smallest absolute Gasteiger partial charge is 0.272 e. The van der Waals surface area contributed by atoms with Crippen molar-refractivity contribution >= 4 is 11.7 Å². The predicted octanol–water partition coefficient (Wildman–Crippen LogP) is 4.25. The van der Waals surface area contributed by atoms with Crippen LogP contribution in [0.1, 0.15) is 66.6 Å². The predicted molar refractivity (Wildman–Crippen MR) is 114 cm³/mol. The van der Waals surface area contributed by atoms with Gasteiger partial charge in [0.1, 0.15) is 5.78 Å². The molecule has 0 saturated heterocycles. The average molecular weight is 433 g/mol. The van der Waals surface area contributed by atoms with Crippen LogP contribution in [-0.4, -0.2) is 34.7 Å². The number of nitrogens with zero attached hydrogens (tertiary/aromatic N) is 2. The minimum Gasteiger partial charge on any atom is -0.471 e. The molecule has 2 rings (SSSR count). The van der Waals surface area contributed by atoms with Gasteiger partial charge in [-0.15, -0.1) is 0 Å². The van der Waals surface area contributed by atoms with Gasteiger partial charge in [-0.2, -0.15) is 0 Å². The maximum Gasteiger partial charge on any atom is 0.272 e. The van der Waals surface area contributed by atoms with Crippen LogP contribution < -0.4 is 10.1 Å². The molecule has 168 valence electrons. The molecule has 0 spiro atoms. The summed E-state index contributed by atoms with van der Waals surface area (Å²) in [7, 11) is 0. The number of aromatic nitrogens is 2. The third-order valence-corrected chi connectivity index (χ3v) is 4.79. The number of ketones is 1. The molecule has 2 aromatic heterocycles. The van der Waals surface area contributed by atoms with Gasteiger partial charge in [0, 0.05) is 41.1 Å². The second-order valence-electron chi connectivity index (χ2n) is 7.77. The van der Waals surface area contributed by atoms with Gasteiger partial charge in [0.2, 0.25) is 5.88 Å². The highest BCUT2D eigenvalue weighted by atomic mass is 19.3. The summed E-state index contributed by atoms with van der Waals surface area (Å²) >= 11 is 0. The van der Waals surface area contributed by atoms with Crippen molar-refractivity contribution < 1.29 is 23.1 Å². The standard InChI is InChI=1S/C23H29F2N3O3/c1-6-16-8-18(11-26-23(16)31-12-21(24)25)15(5)28-22(30)17-7-14(4)27-19(9-17)10-20(29)13(2)3/h7-9,11,13,15,21H,6,10,12H2,1-5H3,(H,28,30). The highest BCUT2D eigenvalue weighted by Gasteiger charge is 2.17. The number of nitrogens with one attached hydrogen (secondary N) is 1. The first-order valence-electron chi connectivity index (χ1n) is 10.3. The zero-order valence-electron chi connectivity index (χ0n) is 18.5. The summed E-state index contributed by atoms with van der Waals surface area (Å²) in [5.41, 5.74) is 3.06. The van der Waals surface area contributed by atoms with Gasteiger partial charge in [0.25, 0.3) is 12.3 Å². The number of hydrogen-bond acceptors (Lipinski definition) is 5. The Labute approximate surface area is 181 Å². The monoisotopic (exact) mass is 433 g/mol. The van der Waals surface area contributed by atoms with Gasteiger partial charge in [0.05, 0.1) is 6.04 Å². The van der Waals surface area contributed by atoms with Gasteiger partial charge in [-0.25, -0.2) is 13.8 Å². The molecule has 0 aliphatic heterocycles. The highest BCUT2D eigenvalue weighted by molar-refractivity contribution is 5.95. The zero-order valence-corrected chi connectivity index (χ0v) is 18.5. The van der Waals surface area contributed by atoms with Crippen molar-refractivity contribution in [2.24, 2.45) is 5.92 Å². The molecule has 1 amide bonds. The minimum atomic E-state index is -2.58. The Morgan fingerprint density at radius 1 is 1.16 bits per heavy atom. The second kappa shape index (κ2) is 10.9. The van der Waals surface area contributed by atoms with E-state index < -0.39 is 13.0 Å². The lowest BCUT2D eigenvalue weighted by molar-refractivity contribution is -0.121. The van der Waals surface area contributed by atoms with Gasteiger partial charge in [-0.3, -0.25) is 14.6 Å². The van der Waals surface area contributed by atoms with Gasteiger partial charge in [-0.1, -0.05) is 20.8 Å². The molecule has 0 saturated carbocycles. The van der Waals surface area contributed by atoms with E-state index in [1.807, 2.05) is 27.7 Å². The molecule has 6 nitrogen and oxygen atoms in total. The maximum atomic E-state index is 12.8. The number of hydrogen-bond donors (Lipinski definition) is 1. The molecule has 31 heavy (non-hydrogen) atoms. The van der Waals surface area contributed by atoms with Crippen molar-refractivity contribution in [2.45, 2.75) is 59.9 Å². The molecule has 0 radical (unpaired) electrons. The third-order valence-electron chi connectivity index (χ3n) is 4.79. The normalized spacial score (nSPS) is 12.2. The van der Waals surface area contributed by atoms with Crippen LogP contribution in [0.15, 0.2) is 24.4 Å². The molecular weight excluding hydrogens is 404 g/mol. The van der Waals surface area contributed by atoms with Crippen LogP contribution >= 0.6 is 0 Å². The van der Waals surface area contributed by atoms with Crippen LogP contribution in [0.3, 0.4) is 0 Å². The van der Waals surface area contributed by atoms with Gasteiger partial charge in [0.15, 0.2) is 6.61 Å². The molecule has 2 aromatic rings. The lowest BCUT2D eigenvalue weighted by atomic mass is 10.0. The Hall–Kier alpha value is -2.90. The molecule has 1 atom stereocenters. The first kappa shape index (κ1) is 24.4. The second-order valence-corrected chi connectivity index (χ2v) is 7.77. The largest absolute Gasteiger partial charge is 0.471 e. The van der Waals surface area contributed by atoms with Crippen molar-refractivity contribution in [3.8, 4) is 5.88 Å². The van der Waals surface area contributed by atoms with E-state index in [9.17, 15) is 18.4 Å². The van der Waals surface area contributed by atoms with Crippen LogP contribution in [-0.2, 0) is 17.6 Å². The molecule has 0 aromatic carbocycles. The van der Waals surface area contributed by atoms with Crippen LogP contribution in [0.2, 0.25) is 0 Å². The van der Waals surface area contributed by atoms with E-state index in [1.54, 1.807) is 25.1 Å². The summed E-state index contributed by atoms with van der Waals surface area (Å²) in [5, 5.41) is 2.91. The van der Waals surface area contributed by atoms with Crippen molar-refractivity contribution in [3.63, 3.8) is 0 Å². The Kier molecular flexibility index (Phi) is 8.59. The Bertz CT molecular complexity index is 932. The zero-order chi connectivity index (χ0) is 23.1. The summed E-state index contributed by atoms with van der Waals surface area (Å²) in [6, 6.07) is 4.72. The molecule has 0 aliphatic carbocycles. The summed E-state index contributed by atoms with van der Waals surface area (Å²) in [6.45, 7) is 8.41. The lowest BCUT2D eigenvalue weighted by Crippen LogP contribution is -2.27. The van der Waals surface area contributed by atoms with E-state index in [-0.39, 0.29) is 36.0 Å². The van der Waals surface area contributed by atoms with E-state index in [4.69, 9.17) is 4.74 Å². The minimum absolute atomic E-state index is 0.0603. The van der Waals surface area contributed by atoms with Crippen LogP contribution in [0.5, 0.6) is 5.88 Å². The molecule has 0 bridgehead atoms. The van der Waals surface area contributed by atoms with Crippen LogP contribution in [0.4, 0.5) is 8.78 Å². The van der Waals surface area contributed by atoms with Crippen molar-refractivity contribution in [1.82, 2.24) is 15.3 Å². The molecule has 0 fully saturated rings. The maximum absolute atomic E-state index is 12.8. The summed E-state index contributed by atoms with van der Waals surface area (Å²) < 4.78 is 29.9. The van der Waals surface area contributed by atoms with Crippen molar-refractivity contribution in [1.29, 1.82) is 0 Å². The fourth-order valence-corrected chi connectivity index (χ4v) is 2.98. The quantitative estimate of drug-likeness (QED) is 0.606. The van der Waals surface area contributed by atoms with Gasteiger partial charge < -0.3 is 10.1 Å². The molecule has 0 aliphatic rings. The highest BCUT2D eigenvalue weighted by Crippen LogP contribution is 2.22. The number of Topliss-reactive ketones (excluding diaryl/α,β-unsaturated/α-hetero) is 1. The first-order chi connectivity index (χ1) is 14.6. The Balaban J connectivity index is 2.14. The van der Waals surface area contributed by atoms with Crippen molar-refractivity contribution in [3.05, 3.63) is 52.5 Å². The number of alkyl halides is 2. The van der Waals surface area contributed by atoms with E-state index in [2.05, 4.69) is 15.3 Å². The van der Waals surface area contributed by atoms with E-state index in [0.29, 0.717) is 28.9 Å². The van der Waals surface area contributed by atoms with E-state index in [1.165, 1.54) is 6.20 Å². The number of amides is 1. The fourth-order valence-electron chi connectivity index (χ4n) is 2.98. The molecular formula is C23H29F2N3O3. The molecule has 2 heterocycles. The molecule has 1 N–H and O–H groups in total. The molecule has 8 heteroatoms. The van der Waals surface area contributed by atoms with Crippen molar-refractivity contribution in [2.75, 3.05) is 6.61 Å². The first-order valence-corrected chi connectivity index (χ1v) is 10.3. The number of ether oxygens (including phenoxy) is 1. The number of carbonyl (C=O) groups is 2. The third kappa shape index (κ3) is 7.08. The lowest BCUT2D eigenvalue weighted by Gasteiger charge is -2.17. The Morgan fingerprint density at radius 3 is 2.48 bits per heavy atom. The summed E-state index contributed by atoms with van der Waals surface area (Å²) in [6.07, 6.45) is -0.334. The van der Waals surface area contributed by atoms with E-state index in [0.717, 1.165) is 5.56 Å². The number of halogens is 2. The Morgan fingerprint density at radius 2 is 1.87 bits per heavy atom. The average Bonchev–Trinajstić information content (AvgIpc) is 2.71. The van der Waals surface area contributed by atoms with Gasteiger partial charge >= 0.3 is 0 Å². The summed E-state index contributed by atoms with van der Waals surface area (Å²) in [5.74, 6) is -0.167. The van der Waals surface area contributed by atoms with Crippen LogP contribution in [0.25, 0.3) is 0 Å². The SMILES string of the molecule is CCc1cc(C(C)NC(=O)c2cc(C)nc(CC(=O)C(C)C)c2)cnc1OCC(F)F. The molecule has 1 unspecified atom stereocenters.